The number of amides is 1. The van der Waals surface area contributed by atoms with Crippen molar-refractivity contribution in [3.05, 3.63) is 11.6 Å². The van der Waals surface area contributed by atoms with E-state index in [0.29, 0.717) is 36.5 Å². The second-order valence-electron chi connectivity index (χ2n) is 13.7. The first-order valence-corrected chi connectivity index (χ1v) is 15.3. The van der Waals surface area contributed by atoms with Crippen molar-refractivity contribution in [3.63, 3.8) is 0 Å². The number of hydrogen-bond acceptors (Lipinski definition) is 2. The fraction of sp³-hybridized carbons (Fsp3) is 0.906. The molecule has 0 radical (unpaired) electrons. The third-order valence-corrected chi connectivity index (χ3v) is 11.4. The Bertz CT molecular complexity index is 759. The summed E-state index contributed by atoms with van der Waals surface area (Å²) in [6.45, 7) is 15.8. The summed E-state index contributed by atoms with van der Waals surface area (Å²) in [5, 5.41) is 2.95. The van der Waals surface area contributed by atoms with Gasteiger partial charge in [0.25, 0.3) is 0 Å². The lowest BCUT2D eigenvalue weighted by Gasteiger charge is -2.58. The Morgan fingerprint density at radius 2 is 1.89 bits per heavy atom. The lowest BCUT2D eigenvalue weighted by Crippen LogP contribution is -2.51. The van der Waals surface area contributed by atoms with Crippen LogP contribution in [0.1, 0.15) is 119 Å². The molecule has 4 aliphatic carbocycles. The summed E-state index contributed by atoms with van der Waals surface area (Å²) in [7, 11) is 0. The van der Waals surface area contributed by atoms with Crippen LogP contribution in [0.2, 0.25) is 0 Å². The first-order valence-electron chi connectivity index (χ1n) is 15.3. The zero-order chi connectivity index (χ0) is 25.2. The molecule has 8 atom stereocenters. The number of carbonyl (C=O) groups is 1. The van der Waals surface area contributed by atoms with Crippen molar-refractivity contribution in [2.24, 2.45) is 46.3 Å². The Morgan fingerprint density at radius 3 is 2.63 bits per heavy atom. The van der Waals surface area contributed by atoms with Gasteiger partial charge in [0.1, 0.15) is 0 Å². The van der Waals surface area contributed by atoms with Crippen LogP contribution in [-0.2, 0) is 9.53 Å². The maximum absolute atomic E-state index is 11.5. The molecule has 0 saturated heterocycles. The highest BCUT2D eigenvalue weighted by Crippen LogP contribution is 2.67. The van der Waals surface area contributed by atoms with Crippen LogP contribution in [0.3, 0.4) is 0 Å². The minimum Gasteiger partial charge on any atom is -0.376 e. The number of carbonyl (C=O) groups excluding carboxylic acids is 1. The molecule has 0 aliphatic heterocycles. The Hall–Kier alpha value is -0.830. The standard InChI is InChI=1S/C32H55NO2/c1-7-30(34)33-19-20-35-25-15-17-31(5)24(21-25)11-12-26-28-14-13-27(23(4)10-8-9-22(2)3)32(28,6)18-16-29(26)31/h11,22-23,25-29H,7-10,12-21H2,1-6H3,(H,33,34)/t23-,25+,26+,27-,28+,29+,31+,32-/m1/s1. The van der Waals surface area contributed by atoms with Crippen LogP contribution in [0.25, 0.3) is 0 Å². The van der Waals surface area contributed by atoms with Gasteiger partial charge < -0.3 is 10.1 Å². The van der Waals surface area contributed by atoms with Gasteiger partial charge in [-0.15, -0.1) is 0 Å². The summed E-state index contributed by atoms with van der Waals surface area (Å²) >= 11 is 0. The molecular formula is C32H55NO2. The number of fused-ring (bicyclic) bond motifs is 5. The minimum absolute atomic E-state index is 0.120. The molecule has 1 N–H and O–H groups in total. The summed E-state index contributed by atoms with van der Waals surface area (Å²) in [6.07, 6.45) is 18.5. The molecule has 3 saturated carbocycles. The molecule has 0 unspecified atom stereocenters. The van der Waals surface area contributed by atoms with Crippen molar-refractivity contribution in [3.8, 4) is 0 Å². The predicted octanol–water partition coefficient (Wildman–Crippen LogP) is 7.94. The molecule has 0 aromatic carbocycles. The molecule has 0 heterocycles. The van der Waals surface area contributed by atoms with Crippen LogP contribution < -0.4 is 5.32 Å². The van der Waals surface area contributed by atoms with Crippen molar-refractivity contribution in [1.82, 2.24) is 5.32 Å². The summed E-state index contributed by atoms with van der Waals surface area (Å²) in [5.41, 5.74) is 2.66. The topological polar surface area (TPSA) is 38.3 Å². The molecule has 3 fully saturated rings. The fourth-order valence-electron chi connectivity index (χ4n) is 9.34. The zero-order valence-electron chi connectivity index (χ0n) is 23.8. The van der Waals surface area contributed by atoms with E-state index in [1.807, 2.05) is 6.92 Å². The normalized spacial score (nSPS) is 39.4. The van der Waals surface area contributed by atoms with Crippen LogP contribution in [0.5, 0.6) is 0 Å². The third kappa shape index (κ3) is 5.55. The highest BCUT2D eigenvalue weighted by molar-refractivity contribution is 5.75. The van der Waals surface area contributed by atoms with E-state index in [9.17, 15) is 4.79 Å². The van der Waals surface area contributed by atoms with E-state index in [1.54, 1.807) is 5.57 Å². The van der Waals surface area contributed by atoms with Crippen molar-refractivity contribution in [2.75, 3.05) is 13.2 Å². The van der Waals surface area contributed by atoms with E-state index in [2.05, 4.69) is 46.0 Å². The van der Waals surface area contributed by atoms with E-state index in [4.69, 9.17) is 4.74 Å². The largest absolute Gasteiger partial charge is 0.376 e. The SMILES string of the molecule is CCC(=O)NCCO[C@H]1CC[C@@]2(C)C(=CC[C@H]3[C@@H]4CC[C@H]([C@H](C)CCCC(C)C)[C@@]4(C)CC[C@@H]32)C1. The van der Waals surface area contributed by atoms with E-state index >= 15 is 0 Å². The fourth-order valence-corrected chi connectivity index (χ4v) is 9.34. The van der Waals surface area contributed by atoms with E-state index in [0.717, 1.165) is 41.9 Å². The maximum atomic E-state index is 11.5. The summed E-state index contributed by atoms with van der Waals surface area (Å²) in [6, 6.07) is 0. The Labute approximate surface area is 216 Å². The number of hydrogen-bond donors (Lipinski definition) is 1. The smallest absolute Gasteiger partial charge is 0.219 e. The van der Waals surface area contributed by atoms with Crippen molar-refractivity contribution in [1.29, 1.82) is 0 Å². The monoisotopic (exact) mass is 485 g/mol. The van der Waals surface area contributed by atoms with Gasteiger partial charge >= 0.3 is 0 Å². The van der Waals surface area contributed by atoms with Crippen LogP contribution in [-0.4, -0.2) is 25.2 Å². The van der Waals surface area contributed by atoms with Gasteiger partial charge in [-0.05, 0) is 97.7 Å². The second kappa shape index (κ2) is 11.3. The van der Waals surface area contributed by atoms with Gasteiger partial charge in [0.2, 0.25) is 5.91 Å². The van der Waals surface area contributed by atoms with Crippen LogP contribution in [0.4, 0.5) is 0 Å². The molecule has 0 spiro atoms. The Kier molecular flexibility index (Phi) is 8.77. The highest BCUT2D eigenvalue weighted by Gasteiger charge is 2.59. The van der Waals surface area contributed by atoms with Crippen LogP contribution >= 0.6 is 0 Å². The first kappa shape index (κ1) is 27.2. The highest BCUT2D eigenvalue weighted by atomic mass is 16.5. The first-order chi connectivity index (χ1) is 16.7. The molecule has 4 rings (SSSR count). The maximum Gasteiger partial charge on any atom is 0.219 e. The zero-order valence-corrected chi connectivity index (χ0v) is 23.8. The van der Waals surface area contributed by atoms with Crippen molar-refractivity contribution >= 4 is 5.91 Å². The molecule has 3 nitrogen and oxygen atoms in total. The number of rotatable bonds is 10. The van der Waals surface area contributed by atoms with Gasteiger partial charge in [0.15, 0.2) is 0 Å². The molecular weight excluding hydrogens is 430 g/mol. The molecule has 4 aliphatic rings. The predicted molar refractivity (Wildman–Crippen MR) is 146 cm³/mol. The molecule has 0 aromatic rings. The quantitative estimate of drug-likeness (QED) is 0.252. The lowest BCUT2D eigenvalue weighted by atomic mass is 9.47. The van der Waals surface area contributed by atoms with Crippen LogP contribution in [0.15, 0.2) is 11.6 Å². The summed E-state index contributed by atoms with van der Waals surface area (Å²) in [5.74, 6) is 5.50. The van der Waals surface area contributed by atoms with Gasteiger partial charge in [-0.3, -0.25) is 4.79 Å². The summed E-state index contributed by atoms with van der Waals surface area (Å²) in [4.78, 5) is 11.5. The van der Waals surface area contributed by atoms with E-state index < -0.39 is 0 Å². The van der Waals surface area contributed by atoms with Gasteiger partial charge in [0.05, 0.1) is 12.7 Å². The number of ether oxygens (including phenoxy) is 1. The van der Waals surface area contributed by atoms with Gasteiger partial charge in [-0.25, -0.2) is 0 Å². The van der Waals surface area contributed by atoms with Crippen LogP contribution in [0, 0.1) is 46.3 Å². The lowest BCUT2D eigenvalue weighted by molar-refractivity contribution is -0.121. The average molecular weight is 486 g/mol. The van der Waals surface area contributed by atoms with Crippen molar-refractivity contribution in [2.45, 2.75) is 125 Å². The number of allylic oxidation sites excluding steroid dienone is 1. The van der Waals surface area contributed by atoms with Crippen molar-refractivity contribution < 1.29 is 9.53 Å². The van der Waals surface area contributed by atoms with Gasteiger partial charge in [-0.2, -0.15) is 0 Å². The van der Waals surface area contributed by atoms with E-state index in [-0.39, 0.29) is 5.91 Å². The van der Waals surface area contributed by atoms with Gasteiger partial charge in [0, 0.05) is 13.0 Å². The number of nitrogens with one attached hydrogen (secondary N) is 1. The molecule has 35 heavy (non-hydrogen) atoms. The molecule has 3 heteroatoms. The minimum atomic E-state index is 0.120. The molecule has 0 aromatic heterocycles. The van der Waals surface area contributed by atoms with Gasteiger partial charge in [-0.1, -0.05) is 72.5 Å². The Balaban J connectivity index is 1.36. The molecule has 0 bridgehead atoms. The van der Waals surface area contributed by atoms with E-state index in [1.165, 1.54) is 64.2 Å². The average Bonchev–Trinajstić information content (AvgIpc) is 3.18. The third-order valence-electron chi connectivity index (χ3n) is 11.4. The molecule has 1 amide bonds. The summed E-state index contributed by atoms with van der Waals surface area (Å²) < 4.78 is 6.22. The second-order valence-corrected chi connectivity index (χ2v) is 13.7. The Morgan fingerprint density at radius 1 is 1.09 bits per heavy atom. The molecule has 200 valence electrons.